The van der Waals surface area contributed by atoms with E-state index in [2.05, 4.69) is 49.0 Å². The highest BCUT2D eigenvalue weighted by Crippen LogP contribution is 2.48. The lowest BCUT2D eigenvalue weighted by Crippen LogP contribution is -2.48. The minimum absolute atomic E-state index is 0.0909. The zero-order valence-electron chi connectivity index (χ0n) is 25.2. The van der Waals surface area contributed by atoms with Gasteiger partial charge in [0, 0.05) is 24.7 Å². The molecule has 9 heteroatoms. The predicted octanol–water partition coefficient (Wildman–Crippen LogP) is 6.77. The fraction of sp³-hybridized carbons (Fsp3) is 0.710. The third kappa shape index (κ3) is 8.57. The smallest absolute Gasteiger partial charge is 0.261 e. The van der Waals surface area contributed by atoms with Gasteiger partial charge in [-0.15, -0.1) is 0 Å². The normalized spacial score (nSPS) is 19.5. The lowest BCUT2D eigenvalue weighted by atomic mass is 9.95. The van der Waals surface area contributed by atoms with Crippen LogP contribution in [0, 0.1) is 6.57 Å². The van der Waals surface area contributed by atoms with E-state index >= 15 is 0 Å². The van der Waals surface area contributed by atoms with E-state index in [0.29, 0.717) is 48.9 Å². The molecule has 3 atom stereocenters. The first-order chi connectivity index (χ1) is 19.3. The van der Waals surface area contributed by atoms with Crippen molar-refractivity contribution in [2.24, 2.45) is 0 Å². The second kappa shape index (κ2) is 16.5. The van der Waals surface area contributed by atoms with Crippen molar-refractivity contribution in [3.8, 4) is 0 Å². The maximum atomic E-state index is 12.6. The number of hydrogen-bond donors (Lipinski definition) is 0. The lowest BCUT2D eigenvalue weighted by molar-refractivity contribution is 0.0260. The molecule has 1 fully saturated rings. The van der Waals surface area contributed by atoms with Gasteiger partial charge in [0.15, 0.2) is 0 Å². The molecular formula is C31H49N4O4P. The second-order valence-corrected chi connectivity index (χ2v) is 12.8. The van der Waals surface area contributed by atoms with Gasteiger partial charge in [-0.05, 0) is 85.0 Å². The van der Waals surface area contributed by atoms with Gasteiger partial charge < -0.3 is 13.9 Å². The molecule has 3 rings (SSSR count). The molecule has 0 spiro atoms. The number of carbonyl (C=O) groups excluding carboxylic acids is 2. The maximum Gasteiger partial charge on any atom is 0.261 e. The van der Waals surface area contributed by atoms with Crippen LogP contribution in [0.4, 0.5) is 0 Å². The fourth-order valence-corrected chi connectivity index (χ4v) is 7.73. The Kier molecular flexibility index (Phi) is 13.5. The van der Waals surface area contributed by atoms with Crippen LogP contribution >= 0.6 is 8.53 Å². The Morgan fingerprint density at radius 1 is 1.00 bits per heavy atom. The van der Waals surface area contributed by atoms with Gasteiger partial charge >= 0.3 is 0 Å². The van der Waals surface area contributed by atoms with Gasteiger partial charge in [-0.2, -0.15) is 0 Å². The van der Waals surface area contributed by atoms with Gasteiger partial charge in [0.25, 0.3) is 20.3 Å². The average molecular weight is 573 g/mol. The minimum atomic E-state index is -1.25. The Morgan fingerprint density at radius 2 is 1.62 bits per heavy atom. The first-order valence-corrected chi connectivity index (χ1v) is 16.3. The number of hydrogen-bond acceptors (Lipinski definition) is 6. The predicted molar refractivity (Wildman–Crippen MR) is 161 cm³/mol. The number of benzene rings is 1. The molecule has 1 aromatic rings. The van der Waals surface area contributed by atoms with Crippen molar-refractivity contribution in [3.63, 3.8) is 0 Å². The summed E-state index contributed by atoms with van der Waals surface area (Å²) >= 11 is 0. The molecule has 8 nitrogen and oxygen atoms in total. The summed E-state index contributed by atoms with van der Waals surface area (Å²) in [4.78, 5) is 32.7. The number of fused-ring (bicyclic) bond motifs is 1. The Hall–Kier alpha value is -1.88. The molecule has 2 aliphatic heterocycles. The number of imide groups is 1. The molecule has 0 aromatic heterocycles. The third-order valence-electron chi connectivity index (χ3n) is 7.83. The Balaban J connectivity index is 1.50. The third-order valence-corrected chi connectivity index (χ3v) is 9.98. The Bertz CT molecular complexity index is 955. The number of piperidine rings is 1. The first-order valence-electron chi connectivity index (χ1n) is 15.2. The van der Waals surface area contributed by atoms with Gasteiger partial charge in [-0.3, -0.25) is 19.4 Å². The number of unbranched alkanes of at least 4 members (excludes halogenated alkanes) is 3. The molecule has 3 unspecified atom stereocenters. The molecule has 2 aliphatic rings. The van der Waals surface area contributed by atoms with Gasteiger partial charge in [0.05, 0.1) is 17.2 Å². The van der Waals surface area contributed by atoms with Crippen LogP contribution in [0.5, 0.6) is 0 Å². The van der Waals surface area contributed by atoms with Crippen LogP contribution in [0.25, 0.3) is 4.85 Å². The Labute approximate surface area is 243 Å². The SMILES string of the molecule is [C-]#[N+]CCOP(OC(CC)C1CCCCN1CCCCCCN1C(=O)c2ccccc2C1=O)N(C(C)C)C(C)C. The summed E-state index contributed by atoms with van der Waals surface area (Å²) in [5.41, 5.74) is 1.06. The van der Waals surface area contributed by atoms with Crippen molar-refractivity contribution >= 4 is 20.3 Å². The summed E-state index contributed by atoms with van der Waals surface area (Å²) in [6, 6.07) is 8.05. The highest BCUT2D eigenvalue weighted by atomic mass is 31.2. The second-order valence-electron chi connectivity index (χ2n) is 11.4. The zero-order valence-corrected chi connectivity index (χ0v) is 26.1. The van der Waals surface area contributed by atoms with Gasteiger partial charge in [-0.1, -0.05) is 38.3 Å². The van der Waals surface area contributed by atoms with Crippen molar-refractivity contribution in [2.75, 3.05) is 32.8 Å². The van der Waals surface area contributed by atoms with E-state index in [0.717, 1.165) is 51.6 Å². The van der Waals surface area contributed by atoms with Crippen LogP contribution in [0.15, 0.2) is 24.3 Å². The number of likely N-dealkylation sites (tertiary alicyclic amines) is 1. The summed E-state index contributed by atoms with van der Waals surface area (Å²) in [6.45, 7) is 21.4. The fourth-order valence-electron chi connectivity index (χ4n) is 5.92. The van der Waals surface area contributed by atoms with Gasteiger partial charge in [0.2, 0.25) is 6.54 Å². The molecule has 222 valence electrons. The van der Waals surface area contributed by atoms with Crippen LogP contribution in [0.3, 0.4) is 0 Å². The summed E-state index contributed by atoms with van der Waals surface area (Å²) in [6.07, 6.45) is 8.58. The Morgan fingerprint density at radius 3 is 2.20 bits per heavy atom. The van der Waals surface area contributed by atoms with E-state index in [4.69, 9.17) is 15.6 Å². The minimum Gasteiger partial charge on any atom is -0.317 e. The number of rotatable bonds is 17. The van der Waals surface area contributed by atoms with E-state index < -0.39 is 8.53 Å². The van der Waals surface area contributed by atoms with Crippen LogP contribution in [-0.4, -0.2) is 83.3 Å². The summed E-state index contributed by atoms with van der Waals surface area (Å²) in [7, 11) is -1.25. The van der Waals surface area contributed by atoms with Crippen LogP contribution in [0.1, 0.15) is 107 Å². The summed E-state index contributed by atoms with van der Waals surface area (Å²) in [5, 5.41) is 0. The number of amides is 2. The standard InChI is InChI=1S/C31H49N4O4P/c1-7-29(39-40(38-23-19-32-6)35(24(2)3)25(4)5)28-18-12-15-21-33(28)20-13-8-9-14-22-34-30(36)26-16-10-11-17-27(26)31(34)37/h10-11,16-17,24-25,28-29H,7-9,12-15,18-23H2,1-5H3. The maximum absolute atomic E-state index is 12.6. The van der Waals surface area contributed by atoms with Crippen molar-refractivity contribution in [3.05, 3.63) is 46.8 Å². The quantitative estimate of drug-likeness (QED) is 0.0888. The average Bonchev–Trinajstić information content (AvgIpc) is 3.18. The molecule has 2 amide bonds. The lowest BCUT2D eigenvalue weighted by Gasteiger charge is -2.43. The highest BCUT2D eigenvalue weighted by molar-refractivity contribution is 7.44. The molecule has 1 aromatic carbocycles. The van der Waals surface area contributed by atoms with Crippen LogP contribution in [0.2, 0.25) is 0 Å². The summed E-state index contributed by atoms with van der Waals surface area (Å²) in [5.74, 6) is -0.317. The van der Waals surface area contributed by atoms with E-state index in [1.54, 1.807) is 12.1 Å². The number of carbonyl (C=O) groups is 2. The van der Waals surface area contributed by atoms with Crippen molar-refractivity contribution in [2.45, 2.75) is 110 Å². The van der Waals surface area contributed by atoms with E-state index in [1.807, 2.05) is 12.1 Å². The van der Waals surface area contributed by atoms with E-state index in [9.17, 15) is 9.59 Å². The van der Waals surface area contributed by atoms with Crippen LogP contribution in [-0.2, 0) is 9.05 Å². The van der Waals surface area contributed by atoms with E-state index in [-0.39, 0.29) is 17.9 Å². The molecule has 2 heterocycles. The van der Waals surface area contributed by atoms with Crippen molar-refractivity contribution in [1.29, 1.82) is 0 Å². The topological polar surface area (TPSA) is 66.7 Å². The van der Waals surface area contributed by atoms with E-state index in [1.165, 1.54) is 17.7 Å². The molecule has 0 radical (unpaired) electrons. The van der Waals surface area contributed by atoms with Gasteiger partial charge in [-0.25, -0.2) is 11.2 Å². The molecule has 1 saturated heterocycles. The molecular weight excluding hydrogens is 523 g/mol. The van der Waals surface area contributed by atoms with Crippen molar-refractivity contribution < 1.29 is 18.6 Å². The molecule has 0 N–H and O–H groups in total. The first kappa shape index (κ1) is 32.6. The number of nitrogens with zero attached hydrogens (tertiary/aromatic N) is 4. The highest BCUT2D eigenvalue weighted by Gasteiger charge is 2.36. The zero-order chi connectivity index (χ0) is 29.1. The largest absolute Gasteiger partial charge is 0.317 e. The summed E-state index contributed by atoms with van der Waals surface area (Å²) < 4.78 is 15.3. The monoisotopic (exact) mass is 572 g/mol. The van der Waals surface area contributed by atoms with Crippen molar-refractivity contribution in [1.82, 2.24) is 14.5 Å². The molecule has 0 bridgehead atoms. The molecule has 0 aliphatic carbocycles. The van der Waals surface area contributed by atoms with Gasteiger partial charge in [0.1, 0.15) is 6.61 Å². The molecule has 0 saturated carbocycles. The molecule has 40 heavy (non-hydrogen) atoms. The van der Waals surface area contributed by atoms with Crippen LogP contribution < -0.4 is 0 Å².